The van der Waals surface area contributed by atoms with Crippen LogP contribution < -0.4 is 4.74 Å². The van der Waals surface area contributed by atoms with Gasteiger partial charge in [0.05, 0.1) is 13.0 Å². The van der Waals surface area contributed by atoms with E-state index in [1.54, 1.807) is 11.8 Å². The zero-order chi connectivity index (χ0) is 25.2. The maximum atomic E-state index is 12.1. The largest absolute Gasteiger partial charge is 0.492 e. The van der Waals surface area contributed by atoms with Crippen molar-refractivity contribution >= 4 is 40.9 Å². The predicted octanol–water partition coefficient (Wildman–Crippen LogP) is 7.31. The Hall–Kier alpha value is -1.40. The molecule has 2 aromatic rings. The summed E-state index contributed by atoms with van der Waals surface area (Å²) >= 11 is 14.8. The van der Waals surface area contributed by atoms with Gasteiger partial charge in [-0.2, -0.15) is 0 Å². The number of fused-ring (bicyclic) bond motifs is 2. The average Bonchev–Trinajstić information content (AvgIpc) is 3.15. The second-order valence-electron chi connectivity index (χ2n) is 10.5. The highest BCUT2D eigenvalue weighted by atomic mass is 35.5. The standard InChI is InChI=1S/C28H35Cl2NO3S/c1-5-19-6-9-23(29)21(26(19)30)17-35-20-7-8-22-24(16-20)33-18-28(22)11-14-31(15-12-28)13-10-25(32)34-27(2,3)4/h6-9,16H,5,10-15,17-18H2,1-4H3. The van der Waals surface area contributed by atoms with Gasteiger partial charge in [0, 0.05) is 38.2 Å². The van der Waals surface area contributed by atoms with Gasteiger partial charge in [0.1, 0.15) is 11.4 Å². The molecule has 2 heterocycles. The van der Waals surface area contributed by atoms with E-state index in [0.29, 0.717) is 6.42 Å². The summed E-state index contributed by atoms with van der Waals surface area (Å²) in [5.41, 5.74) is 3.09. The van der Waals surface area contributed by atoms with Gasteiger partial charge in [-0.1, -0.05) is 42.3 Å². The summed E-state index contributed by atoms with van der Waals surface area (Å²) in [4.78, 5) is 15.6. The first-order chi connectivity index (χ1) is 16.6. The van der Waals surface area contributed by atoms with Crippen LogP contribution in [0.5, 0.6) is 5.75 Å². The smallest absolute Gasteiger partial charge is 0.307 e. The Bertz CT molecular complexity index is 1070. The third-order valence-corrected chi connectivity index (χ3v) is 8.77. The topological polar surface area (TPSA) is 38.8 Å². The fraction of sp³-hybridized carbons (Fsp3) is 0.536. The summed E-state index contributed by atoms with van der Waals surface area (Å²) in [6, 6.07) is 10.5. The molecule has 4 nitrogen and oxygen atoms in total. The van der Waals surface area contributed by atoms with E-state index in [-0.39, 0.29) is 11.4 Å². The summed E-state index contributed by atoms with van der Waals surface area (Å²) < 4.78 is 11.6. The van der Waals surface area contributed by atoms with Crippen LogP contribution in [0, 0.1) is 0 Å². The second kappa shape index (κ2) is 10.9. The molecule has 7 heteroatoms. The number of aryl methyl sites for hydroxylation is 1. The molecule has 0 atom stereocenters. The minimum atomic E-state index is -0.427. The summed E-state index contributed by atoms with van der Waals surface area (Å²) in [6.07, 6.45) is 3.40. The van der Waals surface area contributed by atoms with Crippen LogP contribution in [0.2, 0.25) is 10.0 Å². The van der Waals surface area contributed by atoms with Crippen LogP contribution >= 0.6 is 35.0 Å². The lowest BCUT2D eigenvalue weighted by atomic mass is 9.74. The van der Waals surface area contributed by atoms with Crippen molar-refractivity contribution in [2.45, 2.75) is 75.0 Å². The van der Waals surface area contributed by atoms with E-state index in [1.165, 1.54) is 5.56 Å². The number of rotatable bonds is 7. The SMILES string of the molecule is CCc1ccc(Cl)c(CSc2ccc3c(c2)OCC32CCN(CCC(=O)OC(C)(C)C)CC2)c1Cl. The van der Waals surface area contributed by atoms with Gasteiger partial charge in [-0.25, -0.2) is 0 Å². The monoisotopic (exact) mass is 535 g/mol. The van der Waals surface area contributed by atoms with Crippen molar-refractivity contribution in [1.29, 1.82) is 0 Å². The molecule has 1 saturated heterocycles. The van der Waals surface area contributed by atoms with Crippen LogP contribution in [0.4, 0.5) is 0 Å². The number of carbonyl (C=O) groups excluding carboxylic acids is 1. The molecule has 190 valence electrons. The van der Waals surface area contributed by atoms with Gasteiger partial charge in [-0.05, 0) is 82.4 Å². The van der Waals surface area contributed by atoms with Crippen LogP contribution in [0.25, 0.3) is 0 Å². The summed E-state index contributed by atoms with van der Waals surface area (Å²) in [6.45, 7) is 11.2. The number of piperidine rings is 1. The van der Waals surface area contributed by atoms with Crippen LogP contribution in [0.1, 0.15) is 63.6 Å². The number of thioether (sulfide) groups is 1. The van der Waals surface area contributed by atoms with E-state index in [9.17, 15) is 4.79 Å². The fourth-order valence-corrected chi connectivity index (χ4v) is 6.67. The molecule has 0 saturated carbocycles. The van der Waals surface area contributed by atoms with Crippen LogP contribution in [-0.4, -0.2) is 42.7 Å². The summed E-state index contributed by atoms with van der Waals surface area (Å²) in [5, 5.41) is 1.50. The minimum absolute atomic E-state index is 0.0724. The fourth-order valence-electron chi connectivity index (χ4n) is 4.91. The molecular weight excluding hydrogens is 501 g/mol. The Morgan fingerprint density at radius 3 is 2.60 bits per heavy atom. The number of hydrogen-bond donors (Lipinski definition) is 0. The zero-order valence-corrected chi connectivity index (χ0v) is 23.4. The van der Waals surface area contributed by atoms with E-state index in [2.05, 4.69) is 30.0 Å². The molecule has 0 bridgehead atoms. The molecular formula is C28H35Cl2NO3S. The van der Waals surface area contributed by atoms with Gasteiger partial charge in [0.2, 0.25) is 0 Å². The molecule has 1 fully saturated rings. The van der Waals surface area contributed by atoms with Crippen molar-refractivity contribution in [3.05, 3.63) is 57.1 Å². The minimum Gasteiger partial charge on any atom is -0.492 e. The second-order valence-corrected chi connectivity index (χ2v) is 12.4. The lowest BCUT2D eigenvalue weighted by molar-refractivity contribution is -0.155. The lowest BCUT2D eigenvalue weighted by Crippen LogP contribution is -2.44. The Labute approximate surface area is 223 Å². The predicted molar refractivity (Wildman–Crippen MR) is 145 cm³/mol. The van der Waals surface area contributed by atoms with Crippen molar-refractivity contribution in [2.75, 3.05) is 26.2 Å². The third kappa shape index (κ3) is 6.30. The summed E-state index contributed by atoms with van der Waals surface area (Å²) in [7, 11) is 0. The number of benzene rings is 2. The Morgan fingerprint density at radius 2 is 1.91 bits per heavy atom. The van der Waals surface area contributed by atoms with Crippen molar-refractivity contribution < 1.29 is 14.3 Å². The van der Waals surface area contributed by atoms with Crippen molar-refractivity contribution in [3.8, 4) is 5.75 Å². The van der Waals surface area contributed by atoms with E-state index < -0.39 is 5.60 Å². The highest BCUT2D eigenvalue weighted by Crippen LogP contribution is 2.47. The highest BCUT2D eigenvalue weighted by Gasteiger charge is 2.43. The molecule has 0 N–H and O–H groups in total. The highest BCUT2D eigenvalue weighted by molar-refractivity contribution is 7.98. The summed E-state index contributed by atoms with van der Waals surface area (Å²) in [5.74, 6) is 1.60. The van der Waals surface area contributed by atoms with E-state index in [4.69, 9.17) is 32.7 Å². The molecule has 35 heavy (non-hydrogen) atoms. The molecule has 0 unspecified atom stereocenters. The van der Waals surface area contributed by atoms with Gasteiger partial charge >= 0.3 is 5.97 Å². The molecule has 0 aromatic heterocycles. The van der Waals surface area contributed by atoms with Gasteiger partial charge in [0.25, 0.3) is 0 Å². The van der Waals surface area contributed by atoms with Gasteiger partial charge in [-0.15, -0.1) is 11.8 Å². The van der Waals surface area contributed by atoms with Crippen LogP contribution in [0.15, 0.2) is 35.2 Å². The molecule has 0 aliphatic carbocycles. The number of esters is 1. The number of hydrogen-bond acceptors (Lipinski definition) is 5. The normalized spacial score (nSPS) is 17.3. The van der Waals surface area contributed by atoms with Crippen LogP contribution in [-0.2, 0) is 27.1 Å². The number of likely N-dealkylation sites (tertiary alicyclic amines) is 1. The Morgan fingerprint density at radius 1 is 1.17 bits per heavy atom. The zero-order valence-electron chi connectivity index (χ0n) is 21.1. The van der Waals surface area contributed by atoms with Crippen molar-refractivity contribution in [3.63, 3.8) is 0 Å². The number of halogens is 2. The Kier molecular flexibility index (Phi) is 8.32. The van der Waals surface area contributed by atoms with Crippen LogP contribution in [0.3, 0.4) is 0 Å². The molecule has 0 radical (unpaired) electrons. The number of ether oxygens (including phenoxy) is 2. The third-order valence-electron chi connectivity index (χ3n) is 6.92. The molecule has 2 aliphatic rings. The van der Waals surface area contributed by atoms with Gasteiger partial charge in [0.15, 0.2) is 0 Å². The first-order valence-electron chi connectivity index (χ1n) is 12.4. The van der Waals surface area contributed by atoms with Crippen molar-refractivity contribution in [2.24, 2.45) is 0 Å². The first-order valence-corrected chi connectivity index (χ1v) is 14.1. The molecule has 2 aromatic carbocycles. The average molecular weight is 537 g/mol. The molecule has 1 spiro atoms. The maximum absolute atomic E-state index is 12.1. The van der Waals surface area contributed by atoms with E-state index >= 15 is 0 Å². The molecule has 2 aliphatic heterocycles. The lowest BCUT2D eigenvalue weighted by Gasteiger charge is -2.38. The van der Waals surface area contributed by atoms with Gasteiger partial charge in [-0.3, -0.25) is 4.79 Å². The molecule has 4 rings (SSSR count). The Balaban J connectivity index is 1.35. The van der Waals surface area contributed by atoms with Gasteiger partial charge < -0.3 is 14.4 Å². The van der Waals surface area contributed by atoms with E-state index in [1.807, 2.05) is 32.9 Å². The molecule has 0 amide bonds. The quantitative estimate of drug-likeness (QED) is 0.274. The number of nitrogens with zero attached hydrogens (tertiary/aromatic N) is 1. The maximum Gasteiger partial charge on any atom is 0.307 e. The van der Waals surface area contributed by atoms with E-state index in [0.717, 1.165) is 83.1 Å². The van der Waals surface area contributed by atoms with Crippen molar-refractivity contribution in [1.82, 2.24) is 4.90 Å². The number of carbonyl (C=O) groups is 1. The first kappa shape index (κ1) is 26.7.